The Bertz CT molecular complexity index is 364. The molecular weight excluding hydrogens is 246 g/mol. The quantitative estimate of drug-likeness (QED) is 0.716. The van der Waals surface area contributed by atoms with Crippen LogP contribution in [0.5, 0.6) is 0 Å². The number of aryl methyl sites for hydroxylation is 1. The van der Waals surface area contributed by atoms with Crippen LogP contribution in [0.25, 0.3) is 0 Å². The van der Waals surface area contributed by atoms with Crippen LogP contribution in [0.15, 0.2) is 24.3 Å². The Kier molecular flexibility index (Phi) is 7.25. The molecule has 1 aromatic rings. The van der Waals surface area contributed by atoms with Crippen LogP contribution >= 0.6 is 0 Å². The SMILES string of the molecule is CCCNCC(CCOC(C)(C)C)c1ccc(C)cc1. The summed E-state index contributed by atoms with van der Waals surface area (Å²) in [5, 5.41) is 3.54. The third-order valence-corrected chi connectivity index (χ3v) is 3.37. The molecule has 0 saturated heterocycles. The van der Waals surface area contributed by atoms with Gasteiger partial charge in [0.05, 0.1) is 5.60 Å². The molecule has 2 nitrogen and oxygen atoms in total. The molecule has 0 amide bonds. The van der Waals surface area contributed by atoms with E-state index in [-0.39, 0.29) is 5.60 Å². The van der Waals surface area contributed by atoms with Gasteiger partial charge >= 0.3 is 0 Å². The van der Waals surface area contributed by atoms with Crippen molar-refractivity contribution in [3.05, 3.63) is 35.4 Å². The molecule has 0 fully saturated rings. The highest BCUT2D eigenvalue weighted by atomic mass is 16.5. The number of nitrogens with one attached hydrogen (secondary N) is 1. The predicted molar refractivity (Wildman–Crippen MR) is 87.4 cm³/mol. The zero-order valence-electron chi connectivity index (χ0n) is 13.8. The summed E-state index contributed by atoms with van der Waals surface area (Å²) in [6, 6.07) is 8.91. The van der Waals surface area contributed by atoms with Gasteiger partial charge in [0.1, 0.15) is 0 Å². The van der Waals surface area contributed by atoms with Crippen molar-refractivity contribution < 1.29 is 4.74 Å². The second-order valence-corrected chi connectivity index (χ2v) is 6.56. The molecule has 20 heavy (non-hydrogen) atoms. The van der Waals surface area contributed by atoms with Gasteiger partial charge < -0.3 is 10.1 Å². The molecule has 1 aromatic carbocycles. The second kappa shape index (κ2) is 8.43. The Labute approximate surface area is 124 Å². The Morgan fingerprint density at radius 3 is 2.35 bits per heavy atom. The summed E-state index contributed by atoms with van der Waals surface area (Å²) in [6.45, 7) is 13.6. The summed E-state index contributed by atoms with van der Waals surface area (Å²) in [7, 11) is 0. The van der Waals surface area contributed by atoms with E-state index in [1.54, 1.807) is 0 Å². The van der Waals surface area contributed by atoms with E-state index in [1.165, 1.54) is 17.5 Å². The van der Waals surface area contributed by atoms with Crippen LogP contribution in [0.4, 0.5) is 0 Å². The second-order valence-electron chi connectivity index (χ2n) is 6.56. The lowest BCUT2D eigenvalue weighted by Gasteiger charge is -2.23. The molecule has 0 aliphatic rings. The number of rotatable bonds is 8. The summed E-state index contributed by atoms with van der Waals surface area (Å²) in [5.74, 6) is 0.532. The maximum atomic E-state index is 5.88. The van der Waals surface area contributed by atoms with Crippen LogP contribution in [0.2, 0.25) is 0 Å². The molecule has 0 bridgehead atoms. The molecule has 1 unspecified atom stereocenters. The molecule has 0 aromatic heterocycles. The Morgan fingerprint density at radius 1 is 1.15 bits per heavy atom. The van der Waals surface area contributed by atoms with Crippen molar-refractivity contribution in [3.8, 4) is 0 Å². The summed E-state index contributed by atoms with van der Waals surface area (Å²) < 4.78 is 5.88. The van der Waals surface area contributed by atoms with E-state index >= 15 is 0 Å². The van der Waals surface area contributed by atoms with Gasteiger partial charge in [-0.25, -0.2) is 0 Å². The highest BCUT2D eigenvalue weighted by molar-refractivity contribution is 5.24. The van der Waals surface area contributed by atoms with Gasteiger partial charge in [-0.3, -0.25) is 0 Å². The zero-order valence-corrected chi connectivity index (χ0v) is 13.8. The van der Waals surface area contributed by atoms with Crippen molar-refractivity contribution in [2.75, 3.05) is 19.7 Å². The first-order chi connectivity index (χ1) is 9.42. The van der Waals surface area contributed by atoms with Gasteiger partial charge in [0.25, 0.3) is 0 Å². The van der Waals surface area contributed by atoms with Gasteiger partial charge in [0.2, 0.25) is 0 Å². The van der Waals surface area contributed by atoms with E-state index in [4.69, 9.17) is 4.74 Å². The van der Waals surface area contributed by atoms with Gasteiger partial charge in [-0.15, -0.1) is 0 Å². The first-order valence-electron chi connectivity index (χ1n) is 7.83. The lowest BCUT2D eigenvalue weighted by atomic mass is 9.95. The summed E-state index contributed by atoms with van der Waals surface area (Å²) >= 11 is 0. The molecule has 1 atom stereocenters. The molecule has 0 aliphatic heterocycles. The van der Waals surface area contributed by atoms with E-state index in [2.05, 4.69) is 64.2 Å². The summed E-state index contributed by atoms with van der Waals surface area (Å²) in [4.78, 5) is 0. The molecule has 0 aliphatic carbocycles. The largest absolute Gasteiger partial charge is 0.376 e. The van der Waals surface area contributed by atoms with E-state index in [0.29, 0.717) is 5.92 Å². The first-order valence-corrected chi connectivity index (χ1v) is 7.83. The zero-order chi connectivity index (χ0) is 15.0. The predicted octanol–water partition coefficient (Wildman–Crippen LogP) is 4.28. The van der Waals surface area contributed by atoms with Crippen molar-refractivity contribution in [3.63, 3.8) is 0 Å². The molecule has 0 radical (unpaired) electrons. The van der Waals surface area contributed by atoms with Crippen molar-refractivity contribution in [1.82, 2.24) is 5.32 Å². The fourth-order valence-corrected chi connectivity index (χ4v) is 2.19. The maximum absolute atomic E-state index is 5.88. The van der Waals surface area contributed by atoms with Crippen LogP contribution in [-0.2, 0) is 4.74 Å². The Hall–Kier alpha value is -0.860. The molecule has 1 rings (SSSR count). The van der Waals surface area contributed by atoms with Gasteiger partial charge in [0.15, 0.2) is 0 Å². The van der Waals surface area contributed by atoms with Crippen LogP contribution in [0.1, 0.15) is 57.6 Å². The number of hydrogen-bond acceptors (Lipinski definition) is 2. The lowest BCUT2D eigenvalue weighted by molar-refractivity contribution is -0.00622. The minimum absolute atomic E-state index is 0.0470. The van der Waals surface area contributed by atoms with Crippen LogP contribution in [0, 0.1) is 6.92 Å². The topological polar surface area (TPSA) is 21.3 Å². The Balaban J connectivity index is 2.57. The normalized spacial score (nSPS) is 13.4. The minimum atomic E-state index is -0.0470. The van der Waals surface area contributed by atoms with Crippen LogP contribution in [0.3, 0.4) is 0 Å². The minimum Gasteiger partial charge on any atom is -0.376 e. The molecular formula is C18H31NO. The van der Waals surface area contributed by atoms with Crippen molar-refractivity contribution in [2.24, 2.45) is 0 Å². The molecule has 0 saturated carbocycles. The van der Waals surface area contributed by atoms with Crippen molar-refractivity contribution in [2.45, 2.75) is 59.0 Å². The van der Waals surface area contributed by atoms with Crippen molar-refractivity contribution in [1.29, 1.82) is 0 Å². The first kappa shape index (κ1) is 17.2. The van der Waals surface area contributed by atoms with E-state index in [1.807, 2.05) is 0 Å². The fourth-order valence-electron chi connectivity index (χ4n) is 2.19. The van der Waals surface area contributed by atoms with Gasteiger partial charge in [-0.1, -0.05) is 36.8 Å². The van der Waals surface area contributed by atoms with Gasteiger partial charge in [-0.2, -0.15) is 0 Å². The molecule has 1 N–H and O–H groups in total. The van der Waals surface area contributed by atoms with Gasteiger partial charge in [0, 0.05) is 13.2 Å². The van der Waals surface area contributed by atoms with Crippen LogP contribution in [-0.4, -0.2) is 25.3 Å². The van der Waals surface area contributed by atoms with E-state index in [9.17, 15) is 0 Å². The van der Waals surface area contributed by atoms with E-state index < -0.39 is 0 Å². The summed E-state index contributed by atoms with van der Waals surface area (Å²) in [5.41, 5.74) is 2.69. The standard InChI is InChI=1S/C18H31NO/c1-6-12-19-14-17(11-13-20-18(3,4)5)16-9-7-15(2)8-10-16/h7-10,17,19H,6,11-14H2,1-5H3. The molecule has 0 spiro atoms. The lowest BCUT2D eigenvalue weighted by Crippen LogP contribution is -2.25. The fraction of sp³-hybridized carbons (Fsp3) is 0.667. The number of benzene rings is 1. The average molecular weight is 277 g/mol. The van der Waals surface area contributed by atoms with E-state index in [0.717, 1.165) is 26.1 Å². The number of ether oxygens (including phenoxy) is 1. The monoisotopic (exact) mass is 277 g/mol. The average Bonchev–Trinajstić information content (AvgIpc) is 2.37. The highest BCUT2D eigenvalue weighted by Gasteiger charge is 2.14. The van der Waals surface area contributed by atoms with Gasteiger partial charge in [-0.05, 0) is 58.6 Å². The third-order valence-electron chi connectivity index (χ3n) is 3.37. The molecule has 2 heteroatoms. The number of hydrogen-bond donors (Lipinski definition) is 1. The van der Waals surface area contributed by atoms with Crippen LogP contribution < -0.4 is 5.32 Å². The highest BCUT2D eigenvalue weighted by Crippen LogP contribution is 2.21. The third kappa shape index (κ3) is 7.06. The Morgan fingerprint density at radius 2 is 1.80 bits per heavy atom. The van der Waals surface area contributed by atoms with Crippen molar-refractivity contribution >= 4 is 0 Å². The smallest absolute Gasteiger partial charge is 0.0598 e. The summed E-state index contributed by atoms with van der Waals surface area (Å²) in [6.07, 6.45) is 2.25. The maximum Gasteiger partial charge on any atom is 0.0598 e. The molecule has 114 valence electrons. The molecule has 0 heterocycles.